The summed E-state index contributed by atoms with van der Waals surface area (Å²) >= 11 is 0. The van der Waals surface area contributed by atoms with Gasteiger partial charge in [-0.15, -0.1) is 0 Å². The van der Waals surface area contributed by atoms with Crippen LogP contribution in [0.25, 0.3) is 0 Å². The number of ether oxygens (including phenoxy) is 1. The normalized spacial score (nSPS) is 11.7. The lowest BCUT2D eigenvalue weighted by Crippen LogP contribution is -2.23. The molecular weight excluding hydrogens is 306 g/mol. The number of benzene rings is 2. The van der Waals surface area contributed by atoms with Gasteiger partial charge < -0.3 is 15.2 Å². The van der Waals surface area contributed by atoms with Gasteiger partial charge in [0.15, 0.2) is 6.10 Å². The van der Waals surface area contributed by atoms with Crippen molar-refractivity contribution in [1.29, 1.82) is 0 Å². The third kappa shape index (κ3) is 5.21. The van der Waals surface area contributed by atoms with E-state index in [0.29, 0.717) is 18.7 Å². The van der Waals surface area contributed by atoms with Crippen LogP contribution in [-0.2, 0) is 20.7 Å². The van der Waals surface area contributed by atoms with E-state index in [2.05, 4.69) is 5.32 Å². The molecule has 0 saturated carbocycles. The lowest BCUT2D eigenvalue weighted by Gasteiger charge is -2.17. The number of rotatable bonds is 8. The molecule has 5 heteroatoms. The van der Waals surface area contributed by atoms with Crippen molar-refractivity contribution in [3.63, 3.8) is 0 Å². The van der Waals surface area contributed by atoms with Crippen LogP contribution in [0.5, 0.6) is 0 Å². The second kappa shape index (κ2) is 8.84. The van der Waals surface area contributed by atoms with E-state index in [1.54, 1.807) is 18.2 Å². The molecule has 0 aliphatic heterocycles. The number of anilines is 1. The fourth-order valence-corrected chi connectivity index (χ4v) is 2.38. The van der Waals surface area contributed by atoms with Gasteiger partial charge in [0, 0.05) is 18.7 Å². The van der Waals surface area contributed by atoms with Gasteiger partial charge in [0.25, 0.3) is 5.91 Å². The number of nitrogens with one attached hydrogen (secondary N) is 1. The number of carboxylic acids is 1. The summed E-state index contributed by atoms with van der Waals surface area (Å²) in [7, 11) is 0. The third-order valence-corrected chi connectivity index (χ3v) is 3.50. The van der Waals surface area contributed by atoms with Gasteiger partial charge in [0.05, 0.1) is 0 Å². The van der Waals surface area contributed by atoms with Crippen LogP contribution in [0.4, 0.5) is 5.69 Å². The van der Waals surface area contributed by atoms with Crippen molar-refractivity contribution in [2.75, 3.05) is 11.9 Å². The molecule has 2 aromatic rings. The van der Waals surface area contributed by atoms with E-state index in [1.165, 1.54) is 0 Å². The number of carboxylic acid groups (broad SMARTS) is 1. The van der Waals surface area contributed by atoms with Crippen molar-refractivity contribution >= 4 is 17.6 Å². The van der Waals surface area contributed by atoms with E-state index < -0.39 is 12.1 Å². The molecule has 24 heavy (non-hydrogen) atoms. The Hall–Kier alpha value is -2.66. The third-order valence-electron chi connectivity index (χ3n) is 3.50. The Labute approximate surface area is 141 Å². The molecule has 0 aromatic heterocycles. The number of carbonyl (C=O) groups excluding carboxylic acids is 1. The van der Waals surface area contributed by atoms with Crippen LogP contribution in [0.15, 0.2) is 54.6 Å². The highest BCUT2D eigenvalue weighted by atomic mass is 16.5. The molecular formula is C19H21NO4. The molecule has 2 N–H and O–H groups in total. The summed E-state index contributed by atoms with van der Waals surface area (Å²) in [5.74, 6) is -1.09. The molecule has 0 fully saturated rings. The van der Waals surface area contributed by atoms with Crippen LogP contribution in [0.2, 0.25) is 0 Å². The topological polar surface area (TPSA) is 75.6 Å². The van der Waals surface area contributed by atoms with Gasteiger partial charge in [-0.1, -0.05) is 42.5 Å². The standard InChI is InChI=1S/C19H21NO4/c1-2-24-18(15-8-4-3-5-9-15)19(23)20-16-10-6-7-14(13-16)11-12-17(21)22/h3-10,13,18H,2,11-12H2,1H3,(H,20,23)(H,21,22). The second-order valence-electron chi connectivity index (χ2n) is 5.33. The van der Waals surface area contributed by atoms with E-state index in [4.69, 9.17) is 9.84 Å². The van der Waals surface area contributed by atoms with Crippen LogP contribution >= 0.6 is 0 Å². The van der Waals surface area contributed by atoms with Crippen molar-refractivity contribution in [2.24, 2.45) is 0 Å². The molecule has 1 atom stereocenters. The first kappa shape index (κ1) is 17.7. The molecule has 0 saturated heterocycles. The first-order chi connectivity index (χ1) is 11.6. The zero-order chi connectivity index (χ0) is 17.4. The average Bonchev–Trinajstić information content (AvgIpc) is 2.59. The van der Waals surface area contributed by atoms with Crippen LogP contribution < -0.4 is 5.32 Å². The fraction of sp³-hybridized carbons (Fsp3) is 0.263. The van der Waals surface area contributed by atoms with Gasteiger partial charge in [0.1, 0.15) is 0 Å². The molecule has 0 aliphatic carbocycles. The minimum absolute atomic E-state index is 0.0585. The van der Waals surface area contributed by atoms with Gasteiger partial charge in [-0.2, -0.15) is 0 Å². The molecule has 1 unspecified atom stereocenters. The largest absolute Gasteiger partial charge is 0.481 e. The highest BCUT2D eigenvalue weighted by Crippen LogP contribution is 2.20. The molecule has 0 radical (unpaired) electrons. The number of amides is 1. The van der Waals surface area contributed by atoms with Crippen LogP contribution in [0.1, 0.15) is 30.6 Å². The summed E-state index contributed by atoms with van der Waals surface area (Å²) in [6.45, 7) is 2.27. The Bertz CT molecular complexity index is 685. The first-order valence-corrected chi connectivity index (χ1v) is 7.88. The van der Waals surface area contributed by atoms with E-state index >= 15 is 0 Å². The SMILES string of the molecule is CCOC(C(=O)Nc1cccc(CCC(=O)O)c1)c1ccccc1. The molecule has 2 rings (SSSR count). The summed E-state index contributed by atoms with van der Waals surface area (Å²) in [5.41, 5.74) is 2.28. The smallest absolute Gasteiger partial charge is 0.303 e. The zero-order valence-corrected chi connectivity index (χ0v) is 13.6. The Morgan fingerprint density at radius 1 is 1.12 bits per heavy atom. The number of aliphatic carboxylic acids is 1. The molecule has 5 nitrogen and oxygen atoms in total. The molecule has 2 aromatic carbocycles. The Morgan fingerprint density at radius 3 is 2.54 bits per heavy atom. The van der Waals surface area contributed by atoms with Crippen molar-refractivity contribution in [3.8, 4) is 0 Å². The van der Waals surface area contributed by atoms with Crippen LogP contribution in [0.3, 0.4) is 0 Å². The summed E-state index contributed by atoms with van der Waals surface area (Å²) in [5, 5.41) is 11.6. The van der Waals surface area contributed by atoms with Gasteiger partial charge in [0.2, 0.25) is 0 Å². The van der Waals surface area contributed by atoms with Gasteiger partial charge in [-0.05, 0) is 36.6 Å². The number of hydrogen-bond acceptors (Lipinski definition) is 3. The van der Waals surface area contributed by atoms with E-state index in [9.17, 15) is 9.59 Å². The summed E-state index contributed by atoms with van der Waals surface area (Å²) in [4.78, 5) is 23.2. The molecule has 0 bridgehead atoms. The zero-order valence-electron chi connectivity index (χ0n) is 13.6. The maximum Gasteiger partial charge on any atom is 0.303 e. The van der Waals surface area contributed by atoms with Gasteiger partial charge in [-0.25, -0.2) is 0 Å². The first-order valence-electron chi connectivity index (χ1n) is 7.88. The van der Waals surface area contributed by atoms with E-state index in [1.807, 2.05) is 43.3 Å². The molecule has 0 spiro atoms. The number of carbonyl (C=O) groups is 2. The number of aryl methyl sites for hydroxylation is 1. The predicted octanol–water partition coefficient (Wildman–Crippen LogP) is 3.42. The molecule has 0 aliphatic rings. The Morgan fingerprint density at radius 2 is 1.88 bits per heavy atom. The minimum Gasteiger partial charge on any atom is -0.481 e. The van der Waals surface area contributed by atoms with Crippen molar-refractivity contribution in [1.82, 2.24) is 0 Å². The summed E-state index contributed by atoms with van der Waals surface area (Å²) in [6, 6.07) is 16.5. The Balaban J connectivity index is 2.09. The monoisotopic (exact) mass is 327 g/mol. The van der Waals surface area contributed by atoms with Crippen molar-refractivity contribution in [3.05, 3.63) is 65.7 Å². The average molecular weight is 327 g/mol. The number of hydrogen-bond donors (Lipinski definition) is 2. The second-order valence-corrected chi connectivity index (χ2v) is 5.33. The van der Waals surface area contributed by atoms with Crippen molar-refractivity contribution < 1.29 is 19.4 Å². The molecule has 126 valence electrons. The predicted molar refractivity (Wildman–Crippen MR) is 91.8 cm³/mol. The quantitative estimate of drug-likeness (QED) is 0.779. The highest BCUT2D eigenvalue weighted by molar-refractivity contribution is 5.95. The Kier molecular flexibility index (Phi) is 6.51. The maximum atomic E-state index is 12.6. The van der Waals surface area contributed by atoms with Gasteiger partial charge >= 0.3 is 5.97 Å². The lowest BCUT2D eigenvalue weighted by atomic mass is 10.1. The lowest BCUT2D eigenvalue weighted by molar-refractivity contribution is -0.137. The maximum absolute atomic E-state index is 12.6. The summed E-state index contributed by atoms with van der Waals surface area (Å²) < 4.78 is 5.58. The van der Waals surface area contributed by atoms with Crippen LogP contribution in [-0.4, -0.2) is 23.6 Å². The van der Waals surface area contributed by atoms with E-state index in [0.717, 1.165) is 11.1 Å². The van der Waals surface area contributed by atoms with Crippen LogP contribution in [0, 0.1) is 0 Å². The van der Waals surface area contributed by atoms with E-state index in [-0.39, 0.29) is 12.3 Å². The fourth-order valence-electron chi connectivity index (χ4n) is 2.38. The minimum atomic E-state index is -0.843. The molecule has 0 heterocycles. The highest BCUT2D eigenvalue weighted by Gasteiger charge is 2.20. The van der Waals surface area contributed by atoms with Crippen molar-refractivity contribution in [2.45, 2.75) is 25.9 Å². The van der Waals surface area contributed by atoms with Gasteiger partial charge in [-0.3, -0.25) is 9.59 Å². The molecule has 1 amide bonds. The summed E-state index contributed by atoms with van der Waals surface area (Å²) in [6.07, 6.45) is -0.200.